The Bertz CT molecular complexity index is 779. The molecule has 8 nitrogen and oxygen atoms in total. The fraction of sp³-hybridized carbons (Fsp3) is 0.438. The number of carbonyl (C=O) groups excluding carboxylic acids is 3. The van der Waals surface area contributed by atoms with Crippen LogP contribution in [0.4, 0.5) is 0 Å². The number of carbonyl (C=O) groups is 3. The first kappa shape index (κ1) is 17.6. The molecule has 0 bridgehead atoms. The molecule has 1 fully saturated rings. The number of hydrogen-bond acceptors (Lipinski definition) is 6. The second-order valence-electron chi connectivity index (χ2n) is 5.94. The van der Waals surface area contributed by atoms with Gasteiger partial charge in [-0.05, 0) is 31.4 Å². The average molecular weight is 366 g/mol. The lowest BCUT2D eigenvalue weighted by Gasteiger charge is -2.15. The van der Waals surface area contributed by atoms with Gasteiger partial charge in [0.2, 0.25) is 10.0 Å². The third-order valence-electron chi connectivity index (χ3n) is 4.19. The van der Waals surface area contributed by atoms with Crippen LogP contribution in [0.3, 0.4) is 0 Å². The largest absolute Gasteiger partial charge is 0.333 e. The van der Waals surface area contributed by atoms with Crippen molar-refractivity contribution in [1.82, 2.24) is 9.37 Å². The maximum absolute atomic E-state index is 12.1. The third-order valence-corrected chi connectivity index (χ3v) is 6.15. The molecule has 2 amide bonds. The summed E-state index contributed by atoms with van der Waals surface area (Å²) in [4.78, 5) is 40.9. The number of hydroxylamine groups is 2. The Balaban J connectivity index is 1.52. The molecule has 134 valence electrons. The minimum atomic E-state index is -3.37. The summed E-state index contributed by atoms with van der Waals surface area (Å²) < 4.78 is 25.6. The number of imide groups is 1. The van der Waals surface area contributed by atoms with E-state index in [0.29, 0.717) is 18.2 Å². The molecule has 0 aromatic heterocycles. The SMILES string of the molecule is O=C(CCCS(=O)(=O)N1CCCC1)ON1C(=O)c2ccccc2C1=O. The predicted octanol–water partition coefficient (Wildman–Crippen LogP) is 0.947. The molecule has 9 heteroatoms. The molecular weight excluding hydrogens is 348 g/mol. The van der Waals surface area contributed by atoms with E-state index in [1.165, 1.54) is 16.4 Å². The quantitative estimate of drug-likeness (QED) is 0.695. The molecule has 0 aliphatic carbocycles. The van der Waals surface area contributed by atoms with Crippen molar-refractivity contribution in [3.63, 3.8) is 0 Å². The highest BCUT2D eigenvalue weighted by atomic mass is 32.2. The van der Waals surface area contributed by atoms with E-state index in [1.807, 2.05) is 0 Å². The van der Waals surface area contributed by atoms with Crippen molar-refractivity contribution in [1.29, 1.82) is 0 Å². The molecule has 0 radical (unpaired) electrons. The molecule has 0 atom stereocenters. The van der Waals surface area contributed by atoms with Gasteiger partial charge < -0.3 is 4.84 Å². The Labute approximate surface area is 145 Å². The fourth-order valence-electron chi connectivity index (χ4n) is 2.89. The lowest BCUT2D eigenvalue weighted by Crippen LogP contribution is -2.33. The van der Waals surface area contributed by atoms with Crippen molar-refractivity contribution in [2.75, 3.05) is 18.8 Å². The average Bonchev–Trinajstić information content (AvgIpc) is 3.20. The zero-order valence-electron chi connectivity index (χ0n) is 13.5. The molecule has 25 heavy (non-hydrogen) atoms. The smallest absolute Gasteiger partial charge is 0.330 e. The van der Waals surface area contributed by atoms with Crippen LogP contribution in [-0.4, -0.2) is 54.4 Å². The van der Waals surface area contributed by atoms with Crippen LogP contribution in [0.5, 0.6) is 0 Å². The molecule has 0 unspecified atom stereocenters. The van der Waals surface area contributed by atoms with Gasteiger partial charge in [-0.1, -0.05) is 17.2 Å². The monoisotopic (exact) mass is 366 g/mol. The number of nitrogens with zero attached hydrogens (tertiary/aromatic N) is 2. The first-order valence-corrected chi connectivity index (χ1v) is 9.67. The van der Waals surface area contributed by atoms with Gasteiger partial charge in [0, 0.05) is 19.5 Å². The van der Waals surface area contributed by atoms with Crippen LogP contribution < -0.4 is 0 Å². The van der Waals surface area contributed by atoms with Crippen molar-refractivity contribution in [3.8, 4) is 0 Å². The first-order valence-electron chi connectivity index (χ1n) is 8.06. The van der Waals surface area contributed by atoms with Crippen LogP contribution in [0.2, 0.25) is 0 Å². The Hall–Kier alpha value is -2.26. The van der Waals surface area contributed by atoms with Crippen molar-refractivity contribution in [2.45, 2.75) is 25.7 Å². The van der Waals surface area contributed by atoms with Crippen LogP contribution in [0, 0.1) is 0 Å². The van der Waals surface area contributed by atoms with E-state index in [0.717, 1.165) is 12.8 Å². The molecule has 0 spiro atoms. The van der Waals surface area contributed by atoms with Gasteiger partial charge in [-0.25, -0.2) is 17.5 Å². The molecular formula is C16H18N2O6S. The zero-order valence-corrected chi connectivity index (χ0v) is 14.3. The number of hydrogen-bond donors (Lipinski definition) is 0. The van der Waals surface area contributed by atoms with Crippen molar-refractivity contribution < 1.29 is 27.6 Å². The summed E-state index contributed by atoms with van der Waals surface area (Å²) in [5, 5.41) is 0.433. The van der Waals surface area contributed by atoms with Gasteiger partial charge in [0.25, 0.3) is 11.8 Å². The van der Waals surface area contributed by atoms with Crippen LogP contribution in [-0.2, 0) is 19.7 Å². The molecule has 1 aromatic rings. The van der Waals surface area contributed by atoms with Gasteiger partial charge in [-0.15, -0.1) is 0 Å². The van der Waals surface area contributed by atoms with Gasteiger partial charge in [-0.3, -0.25) is 9.59 Å². The Kier molecular flexibility index (Phi) is 4.87. The predicted molar refractivity (Wildman–Crippen MR) is 86.9 cm³/mol. The minimum absolute atomic E-state index is 0.0703. The maximum Gasteiger partial charge on any atom is 0.333 e. The van der Waals surface area contributed by atoms with Crippen LogP contribution >= 0.6 is 0 Å². The highest BCUT2D eigenvalue weighted by Gasteiger charge is 2.38. The topological polar surface area (TPSA) is 101 Å². The van der Waals surface area contributed by atoms with Gasteiger partial charge in [0.05, 0.1) is 16.9 Å². The van der Waals surface area contributed by atoms with Crippen LogP contribution in [0.25, 0.3) is 0 Å². The summed E-state index contributed by atoms with van der Waals surface area (Å²) in [7, 11) is -3.37. The van der Waals surface area contributed by atoms with E-state index in [4.69, 9.17) is 4.84 Å². The minimum Gasteiger partial charge on any atom is -0.330 e. The van der Waals surface area contributed by atoms with E-state index in [9.17, 15) is 22.8 Å². The summed E-state index contributed by atoms with van der Waals surface area (Å²) in [6, 6.07) is 6.18. The summed E-state index contributed by atoms with van der Waals surface area (Å²) in [6.45, 7) is 1.03. The third kappa shape index (κ3) is 3.57. The molecule has 2 heterocycles. The molecule has 0 N–H and O–H groups in total. The second-order valence-corrected chi connectivity index (χ2v) is 8.03. The number of fused-ring (bicyclic) bond motifs is 1. The van der Waals surface area contributed by atoms with E-state index in [2.05, 4.69) is 0 Å². The number of benzene rings is 1. The molecule has 1 saturated heterocycles. The summed E-state index contributed by atoms with van der Waals surface area (Å²) in [5.74, 6) is -2.37. The van der Waals surface area contributed by atoms with E-state index in [-0.39, 0.29) is 29.7 Å². The van der Waals surface area contributed by atoms with Crippen LogP contribution in [0.1, 0.15) is 46.4 Å². The van der Waals surface area contributed by atoms with Crippen molar-refractivity contribution >= 4 is 27.8 Å². The number of amides is 2. The number of sulfonamides is 1. The molecule has 2 aliphatic heterocycles. The van der Waals surface area contributed by atoms with Crippen molar-refractivity contribution in [3.05, 3.63) is 35.4 Å². The Morgan fingerprint density at radius 3 is 2.16 bits per heavy atom. The van der Waals surface area contributed by atoms with Gasteiger partial charge in [0.1, 0.15) is 0 Å². The standard InChI is InChI=1S/C16H18N2O6S/c19-14(8-5-11-25(22,23)17-9-3-4-10-17)24-18-15(20)12-6-1-2-7-13(12)16(18)21/h1-2,6-7H,3-5,8-11H2. The Morgan fingerprint density at radius 2 is 1.60 bits per heavy atom. The summed E-state index contributed by atoms with van der Waals surface area (Å²) in [6.07, 6.45) is 1.57. The zero-order chi connectivity index (χ0) is 18.0. The molecule has 2 aliphatic rings. The molecule has 3 rings (SSSR count). The van der Waals surface area contributed by atoms with Gasteiger partial charge >= 0.3 is 5.97 Å². The molecule has 0 saturated carbocycles. The van der Waals surface area contributed by atoms with Crippen LogP contribution in [0.15, 0.2) is 24.3 Å². The second kappa shape index (κ2) is 6.93. The normalized spacial score (nSPS) is 17.8. The lowest BCUT2D eigenvalue weighted by molar-refractivity contribution is -0.168. The number of rotatable bonds is 6. The highest BCUT2D eigenvalue weighted by Crippen LogP contribution is 2.23. The Morgan fingerprint density at radius 1 is 1.04 bits per heavy atom. The lowest BCUT2D eigenvalue weighted by atomic mass is 10.1. The van der Waals surface area contributed by atoms with Gasteiger partial charge in [-0.2, -0.15) is 0 Å². The van der Waals surface area contributed by atoms with Crippen molar-refractivity contribution in [2.24, 2.45) is 0 Å². The fourth-order valence-corrected chi connectivity index (χ4v) is 4.47. The maximum atomic E-state index is 12.1. The first-order chi connectivity index (χ1) is 11.9. The highest BCUT2D eigenvalue weighted by molar-refractivity contribution is 7.89. The van der Waals surface area contributed by atoms with Gasteiger partial charge in [0.15, 0.2) is 0 Å². The summed E-state index contributed by atoms with van der Waals surface area (Å²) >= 11 is 0. The molecule has 1 aromatic carbocycles. The van der Waals surface area contributed by atoms with E-state index in [1.54, 1.807) is 12.1 Å². The van der Waals surface area contributed by atoms with E-state index < -0.39 is 27.8 Å². The summed E-state index contributed by atoms with van der Waals surface area (Å²) in [5.41, 5.74) is 0.355. The van der Waals surface area contributed by atoms with E-state index >= 15 is 0 Å².